The molecule has 0 fully saturated rings. The Kier molecular flexibility index (Phi) is 0.914. The molecule has 0 saturated carbocycles. The largest absolute Gasteiger partial charge is 0.396 e. The molecular formula is C7H7N5. The van der Waals surface area contributed by atoms with Crippen molar-refractivity contribution in [3.05, 3.63) is 30.8 Å². The second-order valence-electron chi connectivity index (χ2n) is 2.08. The van der Waals surface area contributed by atoms with Crippen LogP contribution in [0, 0.1) is 0 Å². The molecule has 0 aliphatic rings. The Hall–Kier alpha value is -1.91. The van der Waals surface area contributed by atoms with Gasteiger partial charge in [-0.3, -0.25) is 0 Å². The van der Waals surface area contributed by atoms with Gasteiger partial charge in [0.1, 0.15) is 0 Å². The molecule has 2 rings (SSSR count). The maximum Gasteiger partial charge on any atom is 0.250 e. The van der Waals surface area contributed by atoms with Crippen molar-refractivity contribution in [2.24, 2.45) is 0 Å². The van der Waals surface area contributed by atoms with Gasteiger partial charge in [-0.1, -0.05) is 0 Å². The summed E-state index contributed by atoms with van der Waals surface area (Å²) >= 11 is 0. The molecule has 0 atom stereocenters. The van der Waals surface area contributed by atoms with Crippen molar-refractivity contribution >= 4 is 5.69 Å². The first-order valence-electron chi connectivity index (χ1n) is 4.70. The minimum atomic E-state index is -0.277. The maximum atomic E-state index is 7.49. The maximum absolute atomic E-state index is 7.49. The van der Waals surface area contributed by atoms with Gasteiger partial charge in [-0.15, -0.1) is 0 Å². The van der Waals surface area contributed by atoms with Crippen LogP contribution in [0.1, 0.15) is 4.11 Å². The van der Waals surface area contributed by atoms with Crippen LogP contribution in [-0.2, 0) is 0 Å². The molecule has 2 aromatic heterocycles. The summed E-state index contributed by atoms with van der Waals surface area (Å²) in [6.45, 7) is 0. The summed E-state index contributed by atoms with van der Waals surface area (Å²) < 4.78 is 23.1. The van der Waals surface area contributed by atoms with E-state index in [0.717, 1.165) is 4.68 Å². The lowest BCUT2D eigenvalue weighted by atomic mass is 10.6. The van der Waals surface area contributed by atoms with E-state index in [0.29, 0.717) is 5.69 Å². The van der Waals surface area contributed by atoms with Gasteiger partial charge in [-0.05, 0) is 6.04 Å². The molecule has 0 radical (unpaired) electrons. The minimum absolute atomic E-state index is 0.126. The molecule has 12 heavy (non-hydrogen) atoms. The van der Waals surface area contributed by atoms with Crippen molar-refractivity contribution in [1.29, 1.82) is 0 Å². The van der Waals surface area contributed by atoms with E-state index in [9.17, 15) is 0 Å². The van der Waals surface area contributed by atoms with Crippen LogP contribution in [0.3, 0.4) is 0 Å². The Morgan fingerprint density at radius 1 is 1.42 bits per heavy atom. The first-order chi connectivity index (χ1) is 7.09. The first kappa shape index (κ1) is 4.20. The van der Waals surface area contributed by atoms with E-state index in [2.05, 4.69) is 15.1 Å². The van der Waals surface area contributed by atoms with E-state index in [-0.39, 0.29) is 24.3 Å². The molecule has 0 aliphatic carbocycles. The predicted molar refractivity (Wildman–Crippen MR) is 43.6 cm³/mol. The van der Waals surface area contributed by atoms with Crippen molar-refractivity contribution in [1.82, 2.24) is 19.7 Å². The van der Waals surface area contributed by atoms with Crippen LogP contribution >= 0.6 is 0 Å². The lowest BCUT2D eigenvalue weighted by molar-refractivity contribution is 0.809. The number of anilines is 1. The zero-order valence-corrected chi connectivity index (χ0v) is 6.02. The van der Waals surface area contributed by atoms with Gasteiger partial charge in [0.2, 0.25) is 0 Å². The number of hydrogen-bond acceptors (Lipinski definition) is 4. The molecule has 5 nitrogen and oxygen atoms in total. The van der Waals surface area contributed by atoms with E-state index >= 15 is 0 Å². The summed E-state index contributed by atoms with van der Waals surface area (Å²) in [6, 6.07) is -0.254. The van der Waals surface area contributed by atoms with Gasteiger partial charge in [0.15, 0.2) is 0 Å². The highest BCUT2D eigenvalue weighted by atomic mass is 15.3. The Morgan fingerprint density at radius 2 is 2.17 bits per heavy atom. The second kappa shape index (κ2) is 2.61. The Labute approximate surface area is 73.1 Å². The Bertz CT molecular complexity index is 492. The Balaban J connectivity index is 2.54. The summed E-state index contributed by atoms with van der Waals surface area (Å²) in [7, 11) is 0. The summed E-state index contributed by atoms with van der Waals surface area (Å²) in [5, 5.41) is 3.65. The molecular weight excluding hydrogens is 154 g/mol. The predicted octanol–water partition coefficient (Wildman–Crippen LogP) is 0.245. The van der Waals surface area contributed by atoms with Crippen LogP contribution in [0.2, 0.25) is 0 Å². The third kappa shape index (κ3) is 1.12. The van der Waals surface area contributed by atoms with Gasteiger partial charge in [0.05, 0.1) is 22.2 Å². The third-order valence-corrected chi connectivity index (χ3v) is 1.22. The van der Waals surface area contributed by atoms with Gasteiger partial charge in [-0.2, -0.15) is 5.10 Å². The van der Waals surface area contributed by atoms with Gasteiger partial charge in [0.25, 0.3) is 5.95 Å². The SMILES string of the molecule is [2H]c1nn(-c2ncc(N)cn2)c([2H])c1[2H]. The molecule has 0 amide bonds. The second-order valence-corrected chi connectivity index (χ2v) is 2.08. The summed E-state index contributed by atoms with van der Waals surface area (Å²) in [4.78, 5) is 7.68. The average Bonchev–Trinajstić information content (AvgIpc) is 2.47. The summed E-state index contributed by atoms with van der Waals surface area (Å²) in [6.07, 6.45) is 2.25. The van der Waals surface area contributed by atoms with Gasteiger partial charge in [0, 0.05) is 12.3 Å². The van der Waals surface area contributed by atoms with E-state index < -0.39 is 0 Å². The highest BCUT2D eigenvalue weighted by molar-refractivity contribution is 5.32. The number of nitrogens with two attached hydrogens (primary N) is 1. The van der Waals surface area contributed by atoms with E-state index in [1.807, 2.05) is 0 Å². The van der Waals surface area contributed by atoms with Gasteiger partial charge in [-0.25, -0.2) is 14.6 Å². The van der Waals surface area contributed by atoms with Gasteiger partial charge < -0.3 is 5.73 Å². The molecule has 60 valence electrons. The van der Waals surface area contributed by atoms with Gasteiger partial charge >= 0.3 is 0 Å². The van der Waals surface area contributed by atoms with Crippen molar-refractivity contribution in [2.45, 2.75) is 0 Å². The summed E-state index contributed by atoms with van der Waals surface area (Å²) in [5.74, 6) is 0.126. The molecule has 0 spiro atoms. The molecule has 0 saturated heterocycles. The molecule has 0 bridgehead atoms. The van der Waals surface area contributed by atoms with Crippen molar-refractivity contribution in [3.63, 3.8) is 0 Å². The molecule has 5 heteroatoms. The van der Waals surface area contributed by atoms with Crippen LogP contribution in [-0.4, -0.2) is 19.7 Å². The quantitative estimate of drug-likeness (QED) is 0.655. The molecule has 0 aliphatic heterocycles. The van der Waals surface area contributed by atoms with Crippen molar-refractivity contribution in [2.75, 3.05) is 5.73 Å². The highest BCUT2D eigenvalue weighted by Crippen LogP contribution is 1.99. The van der Waals surface area contributed by atoms with Crippen LogP contribution in [0.5, 0.6) is 0 Å². The van der Waals surface area contributed by atoms with Crippen molar-refractivity contribution < 1.29 is 4.11 Å². The zero-order chi connectivity index (χ0) is 11.0. The van der Waals surface area contributed by atoms with Crippen LogP contribution in [0.15, 0.2) is 30.8 Å². The minimum Gasteiger partial charge on any atom is -0.396 e. The average molecular weight is 164 g/mol. The number of rotatable bonds is 1. The lowest BCUT2D eigenvalue weighted by Gasteiger charge is -1.97. The highest BCUT2D eigenvalue weighted by Gasteiger charge is 1.96. The van der Waals surface area contributed by atoms with E-state index in [1.54, 1.807) is 0 Å². The van der Waals surface area contributed by atoms with Crippen LogP contribution in [0.4, 0.5) is 5.69 Å². The fraction of sp³-hybridized carbons (Fsp3) is 0. The fourth-order valence-corrected chi connectivity index (χ4v) is 0.713. The van der Waals surface area contributed by atoms with Crippen LogP contribution in [0.25, 0.3) is 5.95 Å². The topological polar surface area (TPSA) is 69.6 Å². The van der Waals surface area contributed by atoms with E-state index in [1.165, 1.54) is 12.4 Å². The lowest BCUT2D eigenvalue weighted by Crippen LogP contribution is -2.01. The van der Waals surface area contributed by atoms with Crippen molar-refractivity contribution in [3.8, 4) is 5.95 Å². The molecule has 0 unspecified atom stereocenters. The smallest absolute Gasteiger partial charge is 0.250 e. The molecule has 2 aromatic rings. The standard InChI is InChI=1S/C7H7N5/c8-6-4-9-7(10-5-6)12-3-1-2-11-12/h1-5H,8H2/i1D,2D,3D. The number of hydrogen-bond donors (Lipinski definition) is 1. The van der Waals surface area contributed by atoms with Crippen LogP contribution < -0.4 is 5.73 Å². The van der Waals surface area contributed by atoms with E-state index in [4.69, 9.17) is 9.85 Å². The zero-order valence-electron chi connectivity index (χ0n) is 9.02. The number of nitrogen functional groups attached to an aromatic ring is 1. The third-order valence-electron chi connectivity index (χ3n) is 1.22. The normalized spacial score (nSPS) is 13.5. The molecule has 2 N–H and O–H groups in total. The number of nitrogens with zero attached hydrogens (tertiary/aromatic N) is 4. The first-order valence-corrected chi connectivity index (χ1v) is 3.20. The molecule has 2 heterocycles. The monoisotopic (exact) mass is 164 g/mol. The summed E-state index contributed by atoms with van der Waals surface area (Å²) in [5.41, 5.74) is 5.80. The fourth-order valence-electron chi connectivity index (χ4n) is 0.713. The number of aromatic nitrogens is 4. The Morgan fingerprint density at radius 3 is 2.75 bits per heavy atom. The molecule has 0 aromatic carbocycles.